The normalized spacial score (nSPS) is 12.0. The summed E-state index contributed by atoms with van der Waals surface area (Å²) < 4.78 is 5.22. The third-order valence-electron chi connectivity index (χ3n) is 4.65. The summed E-state index contributed by atoms with van der Waals surface area (Å²) in [4.78, 5) is 17.3. The molecule has 0 aliphatic heterocycles. The Labute approximate surface area is 170 Å². The number of hydrogen-bond donors (Lipinski definition) is 1. The summed E-state index contributed by atoms with van der Waals surface area (Å²) in [6.45, 7) is 6.27. The Kier molecular flexibility index (Phi) is 6.47. The molecular formula is C23H26N2O2S. The van der Waals surface area contributed by atoms with Crippen LogP contribution in [0.1, 0.15) is 36.7 Å². The Hall–Kier alpha value is -2.66. The van der Waals surface area contributed by atoms with Gasteiger partial charge in [0.05, 0.1) is 25.3 Å². The van der Waals surface area contributed by atoms with Gasteiger partial charge in [0.2, 0.25) is 5.91 Å². The molecule has 0 spiro atoms. The lowest BCUT2D eigenvalue weighted by molar-refractivity contribution is -0.121. The van der Waals surface area contributed by atoms with Gasteiger partial charge in [-0.3, -0.25) is 4.79 Å². The zero-order chi connectivity index (χ0) is 20.1. The Balaban J connectivity index is 1.67. The lowest BCUT2D eigenvalue weighted by atomic mass is 9.95. The highest BCUT2D eigenvalue weighted by atomic mass is 32.1. The van der Waals surface area contributed by atoms with E-state index in [1.807, 2.05) is 29.6 Å². The van der Waals surface area contributed by atoms with Gasteiger partial charge in [0.15, 0.2) is 0 Å². The second kappa shape index (κ2) is 9.02. The number of carbonyl (C=O) groups excluding carboxylic acids is 1. The number of aryl methyl sites for hydroxylation is 1. The number of rotatable bonds is 7. The first-order valence-corrected chi connectivity index (χ1v) is 10.3. The summed E-state index contributed by atoms with van der Waals surface area (Å²) in [6, 6.07) is 16.1. The number of benzene rings is 2. The Morgan fingerprint density at radius 1 is 1.11 bits per heavy atom. The molecule has 5 heteroatoms. The van der Waals surface area contributed by atoms with Crippen LogP contribution in [0.4, 0.5) is 0 Å². The molecule has 0 aliphatic carbocycles. The van der Waals surface area contributed by atoms with Crippen molar-refractivity contribution < 1.29 is 9.53 Å². The van der Waals surface area contributed by atoms with E-state index in [9.17, 15) is 4.79 Å². The maximum absolute atomic E-state index is 12.6. The molecule has 1 unspecified atom stereocenters. The minimum Gasteiger partial charge on any atom is -0.497 e. The standard InChI is InChI=1S/C23H26N2O2S/c1-15(2)22(17-9-11-20(27-4)12-10-17)25-21(26)13-19-14-28-23(24-19)18-7-5-16(3)6-8-18/h5-12,14-15,22H,13H2,1-4H3,(H,25,26). The molecule has 1 heterocycles. The fourth-order valence-corrected chi connectivity index (χ4v) is 3.88. The lowest BCUT2D eigenvalue weighted by Crippen LogP contribution is -2.32. The average Bonchev–Trinajstić information content (AvgIpc) is 3.15. The zero-order valence-electron chi connectivity index (χ0n) is 16.7. The second-order valence-corrected chi connectivity index (χ2v) is 8.11. The molecule has 0 fully saturated rings. The molecule has 1 atom stereocenters. The Morgan fingerprint density at radius 2 is 1.79 bits per heavy atom. The largest absolute Gasteiger partial charge is 0.497 e. The van der Waals surface area contributed by atoms with Gasteiger partial charge in [0, 0.05) is 10.9 Å². The molecule has 4 nitrogen and oxygen atoms in total. The van der Waals surface area contributed by atoms with Crippen molar-refractivity contribution in [2.24, 2.45) is 5.92 Å². The van der Waals surface area contributed by atoms with E-state index in [1.54, 1.807) is 18.4 Å². The maximum atomic E-state index is 12.6. The third kappa shape index (κ3) is 4.98. The van der Waals surface area contributed by atoms with Crippen LogP contribution < -0.4 is 10.1 Å². The molecule has 3 aromatic rings. The van der Waals surface area contributed by atoms with E-state index >= 15 is 0 Å². The van der Waals surface area contributed by atoms with E-state index in [4.69, 9.17) is 4.74 Å². The number of nitrogens with one attached hydrogen (secondary N) is 1. The number of amides is 1. The monoisotopic (exact) mass is 394 g/mol. The van der Waals surface area contributed by atoms with Gasteiger partial charge in [0.25, 0.3) is 0 Å². The van der Waals surface area contributed by atoms with Gasteiger partial charge in [-0.2, -0.15) is 0 Å². The molecule has 28 heavy (non-hydrogen) atoms. The fraction of sp³-hybridized carbons (Fsp3) is 0.304. The van der Waals surface area contributed by atoms with Gasteiger partial charge < -0.3 is 10.1 Å². The van der Waals surface area contributed by atoms with Crippen LogP contribution >= 0.6 is 11.3 Å². The van der Waals surface area contributed by atoms with Crippen LogP contribution in [0.3, 0.4) is 0 Å². The number of carbonyl (C=O) groups is 1. The van der Waals surface area contributed by atoms with Gasteiger partial charge >= 0.3 is 0 Å². The minimum absolute atomic E-state index is 0.0183. The van der Waals surface area contributed by atoms with Gasteiger partial charge in [0.1, 0.15) is 10.8 Å². The van der Waals surface area contributed by atoms with Crippen molar-refractivity contribution in [1.82, 2.24) is 10.3 Å². The predicted molar refractivity (Wildman–Crippen MR) is 115 cm³/mol. The molecule has 0 saturated carbocycles. The van der Waals surface area contributed by atoms with Crippen molar-refractivity contribution in [3.05, 3.63) is 70.7 Å². The number of nitrogens with zero attached hydrogens (tertiary/aromatic N) is 1. The van der Waals surface area contributed by atoms with Crippen LogP contribution in [0.2, 0.25) is 0 Å². The van der Waals surface area contributed by atoms with Crippen LogP contribution in [0, 0.1) is 12.8 Å². The van der Waals surface area contributed by atoms with Crippen molar-refractivity contribution >= 4 is 17.2 Å². The summed E-state index contributed by atoms with van der Waals surface area (Å²) in [5.74, 6) is 1.06. The smallest absolute Gasteiger partial charge is 0.226 e. The Morgan fingerprint density at radius 3 is 2.39 bits per heavy atom. The highest BCUT2D eigenvalue weighted by molar-refractivity contribution is 7.13. The molecule has 0 saturated heterocycles. The van der Waals surface area contributed by atoms with Gasteiger partial charge in [-0.15, -0.1) is 11.3 Å². The molecule has 1 N–H and O–H groups in total. The summed E-state index contributed by atoms with van der Waals surface area (Å²) >= 11 is 1.57. The number of aromatic nitrogens is 1. The molecule has 0 radical (unpaired) electrons. The van der Waals surface area contributed by atoms with Crippen LogP contribution in [-0.2, 0) is 11.2 Å². The summed E-state index contributed by atoms with van der Waals surface area (Å²) in [6.07, 6.45) is 0.280. The third-order valence-corrected chi connectivity index (χ3v) is 5.59. The SMILES string of the molecule is COc1ccc(C(NC(=O)Cc2csc(-c3ccc(C)cc3)n2)C(C)C)cc1. The first-order valence-electron chi connectivity index (χ1n) is 9.41. The first kappa shape index (κ1) is 20.1. The van der Waals surface area contributed by atoms with E-state index in [0.717, 1.165) is 27.6 Å². The lowest BCUT2D eigenvalue weighted by Gasteiger charge is -2.23. The second-order valence-electron chi connectivity index (χ2n) is 7.25. The van der Waals surface area contributed by atoms with Gasteiger partial charge in [-0.05, 0) is 30.5 Å². The van der Waals surface area contributed by atoms with Crippen molar-refractivity contribution in [2.45, 2.75) is 33.2 Å². The molecule has 2 aromatic carbocycles. The van der Waals surface area contributed by atoms with Crippen LogP contribution in [0.25, 0.3) is 10.6 Å². The van der Waals surface area contributed by atoms with Crippen LogP contribution in [-0.4, -0.2) is 18.0 Å². The van der Waals surface area contributed by atoms with E-state index < -0.39 is 0 Å². The van der Waals surface area contributed by atoms with Crippen molar-refractivity contribution in [3.63, 3.8) is 0 Å². The fourth-order valence-electron chi connectivity index (χ4n) is 3.05. The first-order chi connectivity index (χ1) is 13.5. The molecule has 0 bridgehead atoms. The molecule has 1 amide bonds. The number of ether oxygens (including phenoxy) is 1. The molecule has 0 aliphatic rings. The van der Waals surface area contributed by atoms with E-state index in [-0.39, 0.29) is 24.3 Å². The van der Waals surface area contributed by atoms with E-state index in [1.165, 1.54) is 5.56 Å². The zero-order valence-corrected chi connectivity index (χ0v) is 17.5. The highest BCUT2D eigenvalue weighted by Gasteiger charge is 2.19. The molecular weight excluding hydrogens is 368 g/mol. The summed E-state index contributed by atoms with van der Waals surface area (Å²) in [5, 5.41) is 6.07. The van der Waals surface area contributed by atoms with Crippen molar-refractivity contribution in [3.8, 4) is 16.3 Å². The quantitative estimate of drug-likeness (QED) is 0.600. The summed E-state index contributed by atoms with van der Waals surface area (Å²) in [5.41, 5.74) is 4.18. The molecule has 146 valence electrons. The molecule has 1 aromatic heterocycles. The predicted octanol–water partition coefficient (Wildman–Crippen LogP) is 5.18. The minimum atomic E-state index is -0.0476. The highest BCUT2D eigenvalue weighted by Crippen LogP contribution is 2.26. The number of methoxy groups -OCH3 is 1. The van der Waals surface area contributed by atoms with Crippen molar-refractivity contribution in [1.29, 1.82) is 0 Å². The average molecular weight is 395 g/mol. The topological polar surface area (TPSA) is 51.2 Å². The summed E-state index contributed by atoms with van der Waals surface area (Å²) in [7, 11) is 1.65. The Bertz CT molecular complexity index is 915. The van der Waals surface area contributed by atoms with Crippen LogP contribution in [0.5, 0.6) is 5.75 Å². The van der Waals surface area contributed by atoms with Crippen molar-refractivity contribution in [2.75, 3.05) is 7.11 Å². The van der Waals surface area contributed by atoms with Gasteiger partial charge in [-0.1, -0.05) is 55.8 Å². The maximum Gasteiger partial charge on any atom is 0.226 e. The van der Waals surface area contributed by atoms with Gasteiger partial charge in [-0.25, -0.2) is 4.98 Å². The molecule has 3 rings (SSSR count). The van der Waals surface area contributed by atoms with Crippen LogP contribution in [0.15, 0.2) is 53.9 Å². The number of thiazole rings is 1. The van der Waals surface area contributed by atoms with E-state index in [2.05, 4.69) is 55.3 Å². The number of hydrogen-bond acceptors (Lipinski definition) is 4. The van der Waals surface area contributed by atoms with E-state index in [0.29, 0.717) is 0 Å².